The zero-order valence-electron chi connectivity index (χ0n) is 80.0. The van der Waals surface area contributed by atoms with Crippen molar-refractivity contribution in [2.24, 2.45) is 0 Å². The van der Waals surface area contributed by atoms with Gasteiger partial charge in [-0.05, 0) is 181 Å². The Kier molecular flexibility index (Phi) is 45.4. The van der Waals surface area contributed by atoms with Crippen LogP contribution in [0, 0.1) is 20.5 Å². The van der Waals surface area contributed by atoms with Crippen LogP contribution in [0.3, 0.4) is 0 Å². The van der Waals surface area contributed by atoms with E-state index < -0.39 is 36.1 Å². The number of hydrogen-bond acceptors (Lipinski definition) is 12. The molecule has 34 heteroatoms. The minimum absolute atomic E-state index is 0. The Labute approximate surface area is 942 Å². The summed E-state index contributed by atoms with van der Waals surface area (Å²) in [5.41, 5.74) is 29.3. The normalized spacial score (nSPS) is 12.1. The summed E-state index contributed by atoms with van der Waals surface area (Å²) >= 11 is 5.52. The van der Waals surface area contributed by atoms with Crippen LogP contribution in [-0.2, 0) is 19.6 Å². The Morgan fingerprint density at radius 2 is 0.361 bits per heavy atom. The molecule has 12 nitrogen and oxygen atoms in total. The Bertz CT molecular complexity index is 6590. The molecule has 0 atom stereocenters. The van der Waals surface area contributed by atoms with Crippen LogP contribution < -0.4 is 156 Å². The van der Waals surface area contributed by atoms with Crippen molar-refractivity contribution >= 4 is 150 Å². The predicted molar refractivity (Wildman–Crippen MR) is 542 cm³/mol. The van der Waals surface area contributed by atoms with E-state index in [-0.39, 0.29) is 112 Å². The van der Waals surface area contributed by atoms with Crippen molar-refractivity contribution in [3.63, 3.8) is 0 Å². The number of nitrogens with zero attached hydrogens (tertiary/aromatic N) is 3. The minimum Gasteiger partial charge on any atom is -1.00 e. The summed E-state index contributed by atoms with van der Waals surface area (Å²) in [6.07, 6.45) is 13.4. The van der Waals surface area contributed by atoms with Gasteiger partial charge < -0.3 is 29.1 Å². The molecule has 0 bridgehead atoms. The monoisotopic (exact) mass is 2280 g/mol. The second kappa shape index (κ2) is 54.6. The number of aryl methyl sites for hydroxylation is 3. The largest absolute Gasteiger partial charge is 1.00 e. The molecule has 0 spiro atoms. The molecule has 147 heavy (non-hydrogen) atoms. The van der Waals surface area contributed by atoms with E-state index in [1.807, 2.05) is 34.0 Å². The van der Waals surface area contributed by atoms with Crippen LogP contribution in [0.1, 0.15) is 126 Å². The standard InChI is InChI=1S/3C37H30NS.C2H6O.2ClHO4.2F6P.HI.K.Na/c3*1-2-38-33-20-12-13-21-34(33)39-35(38)27-24-28-22-25-32(26-23-28)37(31-18-10-5-11-19-31)36(29-14-6-3-7-15-29)30-16-8-4-9-17-30;1-2-3;2*2-1(3,4)5;2*1-7(2,3,4,5)6;;;/h3*3-27H,2H2,1H3;3H,2H2,1H3;2*(H,2,3,4,5);;;1H;;/q3*+1;;;;2*-1;;2*+1/p-3/b3*27-24+;;;;;;;;. The smallest absolute Gasteiger partial charge is 1.00 e. The molecule has 0 saturated heterocycles. The number of thiazole rings is 3. The molecule has 0 radical (unpaired) electrons. The van der Waals surface area contributed by atoms with E-state index in [2.05, 4.69) is 490 Å². The van der Waals surface area contributed by atoms with Crippen molar-refractivity contribution < 1.29 is 232 Å². The minimum atomic E-state index is -10.7. The van der Waals surface area contributed by atoms with Gasteiger partial charge in [-0.15, -0.1) is 20.5 Å². The first-order valence-electron chi connectivity index (χ1n) is 44.5. The van der Waals surface area contributed by atoms with Gasteiger partial charge in [0.2, 0.25) is 16.6 Å². The first kappa shape index (κ1) is 122. The van der Waals surface area contributed by atoms with Gasteiger partial charge in [-0.25, -0.2) is 37.3 Å². The molecule has 0 unspecified atom stereocenters. The molecule has 0 aliphatic rings. The molecule has 3 aromatic heterocycles. The summed E-state index contributed by atoms with van der Waals surface area (Å²) in [6.45, 7) is 11.4. The molecular weight excluding hydrogens is 2190 g/mol. The van der Waals surface area contributed by atoms with Crippen LogP contribution in [0.25, 0.3) is 101 Å². The van der Waals surface area contributed by atoms with Crippen molar-refractivity contribution in [3.8, 4) is 0 Å². The molecule has 18 rings (SSSR count). The molecule has 0 aliphatic carbocycles. The van der Waals surface area contributed by atoms with Crippen molar-refractivity contribution in [3.05, 3.63) is 517 Å². The third-order valence-corrected chi connectivity index (χ3v) is 24.4. The van der Waals surface area contributed by atoms with Crippen LogP contribution in [0.5, 0.6) is 0 Å². The summed E-state index contributed by atoms with van der Waals surface area (Å²) in [4.78, 5) is 0. The first-order valence-corrected chi connectivity index (χ1v) is 53.5. The summed E-state index contributed by atoms with van der Waals surface area (Å²) < 4.78 is 197. The molecule has 3 heterocycles. The van der Waals surface area contributed by atoms with Crippen molar-refractivity contribution in [2.45, 2.75) is 47.3 Å². The van der Waals surface area contributed by atoms with E-state index in [9.17, 15) is 50.4 Å². The van der Waals surface area contributed by atoms with Crippen molar-refractivity contribution in [1.82, 2.24) is 0 Å². The summed E-state index contributed by atoms with van der Waals surface area (Å²) in [5.74, 6) is 0. The van der Waals surface area contributed by atoms with E-state index in [1.165, 1.54) is 163 Å². The summed E-state index contributed by atoms with van der Waals surface area (Å²) in [7, 11) is -31.2. The number of aromatic nitrogens is 3. The summed E-state index contributed by atoms with van der Waals surface area (Å²) in [5, 5.41) is 11.4. The van der Waals surface area contributed by atoms with Crippen LogP contribution in [0.15, 0.2) is 419 Å². The van der Waals surface area contributed by atoms with Gasteiger partial charge in [0.05, 0.1) is 0 Å². The van der Waals surface area contributed by atoms with Crippen LogP contribution in [0.2, 0.25) is 0 Å². The molecular formula is C113H96Cl2F12IKN3NaO9P2S3. The van der Waals surface area contributed by atoms with Gasteiger partial charge in [0.15, 0.2) is 0 Å². The second-order valence-corrected chi connectivity index (χ2v) is 39.9. The average Bonchev–Trinajstić information content (AvgIpc) is 1.27. The maximum absolute atomic E-state index is 10.7. The zero-order chi connectivity index (χ0) is 104. The maximum atomic E-state index is 9.87. The summed E-state index contributed by atoms with van der Waals surface area (Å²) in [6, 6.07) is 149. The third-order valence-electron chi connectivity index (χ3n) is 21.0. The van der Waals surface area contributed by atoms with Gasteiger partial charge in [0.25, 0.3) is 15.0 Å². The van der Waals surface area contributed by atoms with Crippen LogP contribution >= 0.6 is 49.6 Å². The van der Waals surface area contributed by atoms with Gasteiger partial charge in [-0.2, -0.15) is 13.7 Å². The number of fused-ring (bicyclic) bond motifs is 3. The molecule has 752 valence electrons. The fraction of sp³-hybridized carbons (Fsp3) is 0.0708. The number of benzene rings is 15. The van der Waals surface area contributed by atoms with E-state index >= 15 is 0 Å². The number of hydrogen-bond donors (Lipinski definition) is 1. The van der Waals surface area contributed by atoms with Gasteiger partial charge in [0, 0.05) is 43.0 Å². The average molecular weight is 2290 g/mol. The number of rotatable bonds is 21. The molecule has 15 aromatic carbocycles. The third kappa shape index (κ3) is 41.7. The Morgan fingerprint density at radius 1 is 0.238 bits per heavy atom. The van der Waals surface area contributed by atoms with Crippen molar-refractivity contribution in [1.29, 1.82) is 0 Å². The van der Waals surface area contributed by atoms with Gasteiger partial charge in [-0.1, -0.05) is 416 Å². The van der Waals surface area contributed by atoms with Crippen molar-refractivity contribution in [2.75, 3.05) is 6.61 Å². The fourth-order valence-electron chi connectivity index (χ4n) is 15.5. The van der Waals surface area contributed by atoms with Gasteiger partial charge >= 0.3 is 147 Å². The van der Waals surface area contributed by atoms with E-state index in [0.29, 0.717) is 0 Å². The molecule has 18 aromatic rings. The number of aliphatic hydroxyl groups excluding tert-OH is 1. The van der Waals surface area contributed by atoms with Gasteiger partial charge in [0.1, 0.15) is 33.7 Å². The SMILES string of the molecule is CCO.CC[n+]1c(/C=C/c2ccc(C(=C(c3ccccc3)c3ccccc3)c3ccccc3)cc2)sc2ccccc21.CC[n+]1c(/C=C/c2ccc(C(=C(c3ccccc3)c3ccccc3)c3ccccc3)cc2)sc2ccccc21.CC[n+]1c(/C=C/c2ccc(C(=C(c3ccccc3)c3ccccc3)c3ccccc3)cc2)sc2ccccc21.F[P-](F)(F)(F)(F)F.F[P-](F)(F)(F)(F)F.[I-].[K+].[Na+].[O-][Cl+3]([O-])([O-])[O-].[O-][Cl+3]([O-])([O-])[O-]. The van der Waals surface area contributed by atoms with E-state index in [1.54, 1.807) is 6.92 Å². The van der Waals surface area contributed by atoms with Crippen LogP contribution in [-0.4, -0.2) is 11.7 Å². The fourth-order valence-corrected chi connectivity index (χ4v) is 18.9. The Morgan fingerprint density at radius 3 is 0.497 bits per heavy atom. The molecule has 0 saturated carbocycles. The van der Waals surface area contributed by atoms with E-state index in [0.717, 1.165) is 19.6 Å². The number of halogens is 15. The molecule has 0 aliphatic heterocycles. The van der Waals surface area contributed by atoms with Gasteiger partial charge in [-0.3, -0.25) is 0 Å². The van der Waals surface area contributed by atoms with Crippen LogP contribution in [0.4, 0.5) is 50.4 Å². The van der Waals surface area contributed by atoms with E-state index in [4.69, 9.17) is 42.4 Å². The molecule has 0 fully saturated rings. The zero-order valence-corrected chi connectivity index (χ0v) is 93.0. The molecule has 0 amide bonds. The first-order chi connectivity index (χ1) is 68.3. The Hall–Kier alpha value is -9.98. The predicted octanol–water partition coefficient (Wildman–Crippen LogP) is 16.4. The quantitative estimate of drug-likeness (QED) is 0.0180. The number of aliphatic hydroxyl groups is 1. The topological polar surface area (TPSA) is 216 Å². The Balaban J connectivity index is 0.000000236. The number of para-hydroxylation sites is 3. The maximum Gasteiger partial charge on any atom is 1.00 e. The molecule has 1 N–H and O–H groups in total. The second-order valence-electron chi connectivity index (χ2n) is 31.4.